The van der Waals surface area contributed by atoms with Crippen molar-refractivity contribution in [1.82, 2.24) is 0 Å². The number of aromatic hydroxyl groups is 1. The van der Waals surface area contributed by atoms with Crippen LogP contribution in [0, 0.1) is 6.92 Å². The Hall–Kier alpha value is -3.78. The van der Waals surface area contributed by atoms with E-state index in [0.29, 0.717) is 39.0 Å². The number of fused-ring (bicyclic) bond motifs is 2. The van der Waals surface area contributed by atoms with Crippen molar-refractivity contribution in [2.75, 3.05) is 18.6 Å². The Bertz CT molecular complexity index is 1530. The number of carbonyl (C=O) groups is 1. The zero-order chi connectivity index (χ0) is 24.9. The third-order valence-corrected chi connectivity index (χ3v) is 6.64. The monoisotopic (exact) mass is 535 g/mol. The molecule has 4 aromatic rings. The SMILES string of the molecule is CCOc1ccc(N2C(=O)c3oc4ccc(C)cc4c(=O)c3C2c2cc(Br)c(O)c(OC)c2)cc1. The Labute approximate surface area is 209 Å². The van der Waals surface area contributed by atoms with Crippen LogP contribution in [0.5, 0.6) is 17.2 Å². The van der Waals surface area contributed by atoms with Crippen LogP contribution < -0.4 is 19.8 Å². The van der Waals surface area contributed by atoms with Crippen LogP contribution >= 0.6 is 15.9 Å². The molecule has 8 heteroatoms. The highest BCUT2D eigenvalue weighted by molar-refractivity contribution is 9.10. The maximum atomic E-state index is 13.8. The molecular weight excluding hydrogens is 514 g/mol. The number of methoxy groups -OCH3 is 1. The lowest BCUT2D eigenvalue weighted by molar-refractivity contribution is 0.0971. The van der Waals surface area contributed by atoms with E-state index in [9.17, 15) is 14.7 Å². The second-order valence-electron chi connectivity index (χ2n) is 8.23. The van der Waals surface area contributed by atoms with Gasteiger partial charge in [-0.1, -0.05) is 11.6 Å². The summed E-state index contributed by atoms with van der Waals surface area (Å²) in [5, 5.41) is 10.8. The number of rotatable bonds is 5. The number of phenols is 1. The van der Waals surface area contributed by atoms with E-state index in [-0.39, 0.29) is 28.3 Å². The molecule has 1 aliphatic rings. The number of ether oxygens (including phenoxy) is 2. The Balaban J connectivity index is 1.78. The number of anilines is 1. The van der Waals surface area contributed by atoms with Gasteiger partial charge >= 0.3 is 0 Å². The van der Waals surface area contributed by atoms with Gasteiger partial charge in [0.15, 0.2) is 16.9 Å². The van der Waals surface area contributed by atoms with Crippen LogP contribution in [0.15, 0.2) is 68.3 Å². The Kier molecular flexibility index (Phi) is 5.76. The lowest BCUT2D eigenvalue weighted by Gasteiger charge is -2.26. The molecule has 1 N–H and O–H groups in total. The van der Waals surface area contributed by atoms with E-state index >= 15 is 0 Å². The van der Waals surface area contributed by atoms with E-state index in [1.165, 1.54) is 12.0 Å². The predicted octanol–water partition coefficient (Wildman–Crippen LogP) is 5.73. The molecule has 35 heavy (non-hydrogen) atoms. The molecule has 0 saturated heterocycles. The molecule has 2 heterocycles. The van der Waals surface area contributed by atoms with E-state index in [4.69, 9.17) is 13.9 Å². The standard InChI is InChI=1S/C27H22BrNO6/c1-4-34-17-8-6-16(7-9-17)29-23(15-12-19(28)25(31)21(13-15)33-3)22-24(30)18-11-14(2)5-10-20(18)35-26(22)27(29)32/h5-13,23,31H,4H2,1-3H3. The van der Waals surface area contributed by atoms with Gasteiger partial charge in [-0.15, -0.1) is 0 Å². The number of phenolic OH excluding ortho intramolecular Hbond substituents is 1. The highest BCUT2D eigenvalue weighted by Gasteiger charge is 2.44. The van der Waals surface area contributed by atoms with Gasteiger partial charge in [0, 0.05) is 5.69 Å². The topological polar surface area (TPSA) is 89.2 Å². The number of hydrogen-bond acceptors (Lipinski definition) is 6. The molecule has 5 rings (SSSR count). The van der Waals surface area contributed by atoms with E-state index in [1.54, 1.807) is 48.5 Å². The summed E-state index contributed by atoms with van der Waals surface area (Å²) >= 11 is 3.36. The van der Waals surface area contributed by atoms with Gasteiger partial charge in [-0.05, 0) is 83.9 Å². The number of carbonyl (C=O) groups excluding carboxylic acids is 1. The van der Waals surface area contributed by atoms with Crippen LogP contribution in [0.4, 0.5) is 5.69 Å². The Morgan fingerprint density at radius 3 is 2.51 bits per heavy atom. The third kappa shape index (κ3) is 3.74. The van der Waals surface area contributed by atoms with E-state index in [0.717, 1.165) is 5.56 Å². The molecule has 0 bridgehead atoms. The Morgan fingerprint density at radius 1 is 1.09 bits per heavy atom. The summed E-state index contributed by atoms with van der Waals surface area (Å²) in [7, 11) is 1.44. The van der Waals surface area contributed by atoms with Crippen LogP contribution in [0.3, 0.4) is 0 Å². The van der Waals surface area contributed by atoms with Crippen molar-refractivity contribution in [3.8, 4) is 17.2 Å². The smallest absolute Gasteiger partial charge is 0.295 e. The maximum absolute atomic E-state index is 13.8. The largest absolute Gasteiger partial charge is 0.503 e. The molecule has 7 nitrogen and oxygen atoms in total. The minimum absolute atomic E-state index is 0.00611. The second kappa shape index (κ2) is 8.78. The fourth-order valence-electron chi connectivity index (χ4n) is 4.45. The first kappa shape index (κ1) is 23.0. The number of amides is 1. The minimum Gasteiger partial charge on any atom is -0.503 e. The molecule has 0 aliphatic carbocycles. The van der Waals surface area contributed by atoms with Crippen LogP contribution in [0.1, 0.15) is 40.2 Å². The van der Waals surface area contributed by atoms with Gasteiger partial charge in [0.1, 0.15) is 11.3 Å². The van der Waals surface area contributed by atoms with Gasteiger partial charge in [-0.3, -0.25) is 14.5 Å². The lowest BCUT2D eigenvalue weighted by Crippen LogP contribution is -2.29. The Morgan fingerprint density at radius 2 is 1.83 bits per heavy atom. The molecule has 1 atom stereocenters. The van der Waals surface area contributed by atoms with Crippen LogP contribution in [-0.2, 0) is 0 Å². The van der Waals surface area contributed by atoms with Crippen molar-refractivity contribution in [3.05, 3.63) is 91.7 Å². The molecular formula is C27H22BrNO6. The highest BCUT2D eigenvalue weighted by Crippen LogP contribution is 2.45. The van der Waals surface area contributed by atoms with E-state index < -0.39 is 11.9 Å². The fraction of sp³-hybridized carbons (Fsp3) is 0.185. The average molecular weight is 536 g/mol. The summed E-state index contributed by atoms with van der Waals surface area (Å²) < 4.78 is 17.3. The van der Waals surface area contributed by atoms with Gasteiger partial charge < -0.3 is 19.0 Å². The molecule has 3 aromatic carbocycles. The summed E-state index contributed by atoms with van der Waals surface area (Å²) in [6.45, 7) is 4.30. The molecule has 1 unspecified atom stereocenters. The number of nitrogens with zero attached hydrogens (tertiary/aromatic N) is 1. The highest BCUT2D eigenvalue weighted by atomic mass is 79.9. The quantitative estimate of drug-likeness (QED) is 0.351. The van der Waals surface area contributed by atoms with Crippen molar-refractivity contribution in [2.24, 2.45) is 0 Å². The molecule has 1 amide bonds. The molecule has 1 aromatic heterocycles. The summed E-state index contributed by atoms with van der Waals surface area (Å²) in [5.41, 5.74) is 2.36. The zero-order valence-corrected chi connectivity index (χ0v) is 20.9. The summed E-state index contributed by atoms with van der Waals surface area (Å²) in [5.74, 6) is 0.365. The van der Waals surface area contributed by atoms with Crippen molar-refractivity contribution < 1.29 is 23.8 Å². The van der Waals surface area contributed by atoms with Gasteiger partial charge in [-0.2, -0.15) is 0 Å². The van der Waals surface area contributed by atoms with Crippen LogP contribution in [-0.4, -0.2) is 24.7 Å². The van der Waals surface area contributed by atoms with Crippen molar-refractivity contribution >= 4 is 38.5 Å². The van der Waals surface area contributed by atoms with Gasteiger partial charge in [0.05, 0.1) is 35.2 Å². The zero-order valence-electron chi connectivity index (χ0n) is 19.3. The predicted molar refractivity (Wildman–Crippen MR) is 136 cm³/mol. The number of aryl methyl sites for hydroxylation is 1. The van der Waals surface area contributed by atoms with Crippen LogP contribution in [0.25, 0.3) is 11.0 Å². The van der Waals surface area contributed by atoms with Crippen molar-refractivity contribution in [1.29, 1.82) is 0 Å². The number of benzene rings is 3. The third-order valence-electron chi connectivity index (χ3n) is 6.04. The number of hydrogen-bond donors (Lipinski definition) is 1. The molecule has 0 radical (unpaired) electrons. The summed E-state index contributed by atoms with van der Waals surface area (Å²) in [6.07, 6.45) is 0. The number of halogens is 1. The molecule has 0 spiro atoms. The first-order valence-electron chi connectivity index (χ1n) is 11.0. The minimum atomic E-state index is -0.803. The first-order valence-corrected chi connectivity index (χ1v) is 11.8. The summed E-state index contributed by atoms with van der Waals surface area (Å²) in [4.78, 5) is 29.0. The van der Waals surface area contributed by atoms with Crippen LogP contribution in [0.2, 0.25) is 0 Å². The summed E-state index contributed by atoms with van der Waals surface area (Å²) in [6, 6.07) is 14.9. The molecule has 178 valence electrons. The van der Waals surface area contributed by atoms with Crippen molar-refractivity contribution in [3.63, 3.8) is 0 Å². The van der Waals surface area contributed by atoms with E-state index in [1.807, 2.05) is 19.9 Å². The lowest BCUT2D eigenvalue weighted by atomic mass is 9.97. The van der Waals surface area contributed by atoms with Gasteiger partial charge in [0.2, 0.25) is 5.76 Å². The normalized spacial score (nSPS) is 14.9. The second-order valence-corrected chi connectivity index (χ2v) is 9.09. The van der Waals surface area contributed by atoms with E-state index in [2.05, 4.69) is 15.9 Å². The first-order chi connectivity index (χ1) is 16.8. The molecule has 1 aliphatic heterocycles. The molecule has 0 fully saturated rings. The average Bonchev–Trinajstić information content (AvgIpc) is 3.14. The fourth-order valence-corrected chi connectivity index (χ4v) is 4.91. The van der Waals surface area contributed by atoms with Gasteiger partial charge in [-0.25, -0.2) is 0 Å². The van der Waals surface area contributed by atoms with Crippen molar-refractivity contribution in [2.45, 2.75) is 19.9 Å². The molecule has 0 saturated carbocycles. The van der Waals surface area contributed by atoms with Gasteiger partial charge in [0.25, 0.3) is 5.91 Å². The maximum Gasteiger partial charge on any atom is 0.295 e.